The van der Waals surface area contributed by atoms with Crippen LogP contribution in [-0.4, -0.2) is 22.0 Å². The first-order valence-electron chi connectivity index (χ1n) is 6.51. The standard InChI is InChI=1S/C17H14O5/c18-15(10-16(19)17(20)21)13-7-4-8-14(9-13)22-11-12-5-2-1-3-6-12/h1-10,19H,11H2,(H,20,21)/b16-10-. The third kappa shape index (κ3) is 4.21. The lowest BCUT2D eigenvalue weighted by Gasteiger charge is -2.07. The minimum atomic E-state index is -1.55. The normalized spacial score (nSPS) is 11.0. The Balaban J connectivity index is 2.08. The van der Waals surface area contributed by atoms with Crippen molar-refractivity contribution in [2.24, 2.45) is 0 Å². The van der Waals surface area contributed by atoms with Gasteiger partial charge in [-0.2, -0.15) is 0 Å². The predicted molar refractivity (Wildman–Crippen MR) is 79.9 cm³/mol. The summed E-state index contributed by atoms with van der Waals surface area (Å²) in [4.78, 5) is 22.3. The molecule has 0 aliphatic rings. The van der Waals surface area contributed by atoms with Crippen LogP contribution in [0, 0.1) is 0 Å². The molecule has 0 unspecified atom stereocenters. The van der Waals surface area contributed by atoms with E-state index in [1.807, 2.05) is 30.3 Å². The number of allylic oxidation sites excluding steroid dienone is 1. The van der Waals surface area contributed by atoms with Crippen molar-refractivity contribution in [2.75, 3.05) is 0 Å². The van der Waals surface area contributed by atoms with Gasteiger partial charge in [0.25, 0.3) is 0 Å². The highest BCUT2D eigenvalue weighted by Gasteiger charge is 2.10. The van der Waals surface area contributed by atoms with Gasteiger partial charge in [-0.05, 0) is 17.7 Å². The fourth-order valence-corrected chi connectivity index (χ4v) is 1.75. The Hall–Kier alpha value is -3.08. The number of carbonyl (C=O) groups is 2. The number of aliphatic carboxylic acids is 1. The minimum absolute atomic E-state index is 0.235. The molecule has 0 saturated heterocycles. The summed E-state index contributed by atoms with van der Waals surface area (Å²) in [7, 11) is 0. The van der Waals surface area contributed by atoms with Gasteiger partial charge < -0.3 is 14.9 Å². The maximum atomic E-state index is 11.8. The monoisotopic (exact) mass is 298 g/mol. The van der Waals surface area contributed by atoms with Crippen molar-refractivity contribution < 1.29 is 24.5 Å². The van der Waals surface area contributed by atoms with Crippen LogP contribution in [0.25, 0.3) is 0 Å². The molecular formula is C17H14O5. The van der Waals surface area contributed by atoms with Gasteiger partial charge in [0, 0.05) is 11.6 Å². The van der Waals surface area contributed by atoms with Gasteiger partial charge in [-0.15, -0.1) is 0 Å². The van der Waals surface area contributed by atoms with Crippen molar-refractivity contribution in [2.45, 2.75) is 6.61 Å². The summed E-state index contributed by atoms with van der Waals surface area (Å²) in [6, 6.07) is 15.9. The lowest BCUT2D eigenvalue weighted by molar-refractivity contribution is -0.135. The maximum absolute atomic E-state index is 11.8. The number of benzene rings is 2. The molecule has 0 bridgehead atoms. The van der Waals surface area contributed by atoms with Gasteiger partial charge >= 0.3 is 5.97 Å². The molecule has 5 heteroatoms. The molecule has 22 heavy (non-hydrogen) atoms. The molecule has 2 aromatic rings. The maximum Gasteiger partial charge on any atom is 0.371 e. The summed E-state index contributed by atoms with van der Waals surface area (Å²) in [5.74, 6) is -2.67. The van der Waals surface area contributed by atoms with Crippen LogP contribution < -0.4 is 4.74 Å². The Kier molecular flexibility index (Phi) is 4.93. The second-order valence-electron chi connectivity index (χ2n) is 4.50. The Bertz CT molecular complexity index is 704. The van der Waals surface area contributed by atoms with Crippen LogP contribution in [0.5, 0.6) is 5.75 Å². The van der Waals surface area contributed by atoms with Crippen molar-refractivity contribution in [1.29, 1.82) is 0 Å². The van der Waals surface area contributed by atoms with Gasteiger partial charge in [-0.3, -0.25) is 4.79 Å². The van der Waals surface area contributed by atoms with Crippen LogP contribution in [0.2, 0.25) is 0 Å². The molecule has 0 heterocycles. The van der Waals surface area contributed by atoms with Crippen molar-refractivity contribution in [3.63, 3.8) is 0 Å². The average molecular weight is 298 g/mol. The van der Waals surface area contributed by atoms with Crippen LogP contribution >= 0.6 is 0 Å². The molecule has 0 fully saturated rings. The minimum Gasteiger partial charge on any atom is -0.502 e. The molecule has 0 spiro atoms. The fourth-order valence-electron chi connectivity index (χ4n) is 1.75. The summed E-state index contributed by atoms with van der Waals surface area (Å²) >= 11 is 0. The van der Waals surface area contributed by atoms with Gasteiger partial charge in [0.05, 0.1) is 0 Å². The lowest BCUT2D eigenvalue weighted by Crippen LogP contribution is -2.04. The van der Waals surface area contributed by atoms with E-state index in [-0.39, 0.29) is 5.56 Å². The molecule has 2 rings (SSSR count). The topological polar surface area (TPSA) is 83.8 Å². The van der Waals surface area contributed by atoms with Crippen LogP contribution in [-0.2, 0) is 11.4 Å². The largest absolute Gasteiger partial charge is 0.502 e. The number of carbonyl (C=O) groups excluding carboxylic acids is 1. The van der Waals surface area contributed by atoms with E-state index in [0.717, 1.165) is 5.56 Å². The predicted octanol–water partition coefficient (Wildman–Crippen LogP) is 2.97. The second-order valence-corrected chi connectivity index (χ2v) is 4.50. The Labute approximate surface area is 127 Å². The third-order valence-corrected chi connectivity index (χ3v) is 2.85. The molecule has 0 aliphatic carbocycles. The fraction of sp³-hybridized carbons (Fsp3) is 0.0588. The smallest absolute Gasteiger partial charge is 0.371 e. The highest BCUT2D eigenvalue weighted by Crippen LogP contribution is 2.16. The SMILES string of the molecule is O=C(O)/C(O)=C/C(=O)c1cccc(OCc2ccccc2)c1. The lowest BCUT2D eigenvalue weighted by atomic mass is 10.1. The van der Waals surface area contributed by atoms with Gasteiger partial charge in [0.15, 0.2) is 5.78 Å². The van der Waals surface area contributed by atoms with E-state index >= 15 is 0 Å². The molecule has 0 radical (unpaired) electrons. The number of ether oxygens (including phenoxy) is 1. The molecule has 0 amide bonds. The zero-order chi connectivity index (χ0) is 15.9. The first kappa shape index (κ1) is 15.3. The molecule has 0 aliphatic heterocycles. The Morgan fingerprint density at radius 1 is 1.00 bits per heavy atom. The number of hydrogen-bond acceptors (Lipinski definition) is 4. The Morgan fingerprint density at radius 3 is 2.41 bits per heavy atom. The number of carboxylic acids is 1. The van der Waals surface area contributed by atoms with Crippen LogP contribution in [0.4, 0.5) is 0 Å². The number of aliphatic hydroxyl groups is 1. The number of hydrogen-bond donors (Lipinski definition) is 2. The molecule has 112 valence electrons. The van der Waals surface area contributed by atoms with Gasteiger partial charge in [-0.1, -0.05) is 42.5 Å². The van der Waals surface area contributed by atoms with Gasteiger partial charge in [0.2, 0.25) is 5.76 Å². The summed E-state index contributed by atoms with van der Waals surface area (Å²) in [5, 5.41) is 17.6. The zero-order valence-electron chi connectivity index (χ0n) is 11.6. The van der Waals surface area contributed by atoms with E-state index < -0.39 is 17.5 Å². The van der Waals surface area contributed by atoms with Gasteiger partial charge in [-0.25, -0.2) is 4.79 Å². The van der Waals surface area contributed by atoms with E-state index in [0.29, 0.717) is 18.4 Å². The molecule has 0 atom stereocenters. The summed E-state index contributed by atoms with van der Waals surface area (Å²) in [6.07, 6.45) is 0.665. The molecule has 2 aromatic carbocycles. The van der Waals surface area contributed by atoms with E-state index in [9.17, 15) is 9.59 Å². The van der Waals surface area contributed by atoms with Crippen molar-refractivity contribution in [3.8, 4) is 5.75 Å². The quantitative estimate of drug-likeness (QED) is 0.486. The number of ketones is 1. The molecule has 0 saturated carbocycles. The number of carboxylic acid groups (broad SMARTS) is 1. The van der Waals surface area contributed by atoms with Crippen molar-refractivity contribution in [1.82, 2.24) is 0 Å². The van der Waals surface area contributed by atoms with E-state index in [4.69, 9.17) is 14.9 Å². The molecule has 0 aromatic heterocycles. The third-order valence-electron chi connectivity index (χ3n) is 2.85. The first-order chi connectivity index (χ1) is 10.6. The van der Waals surface area contributed by atoms with Crippen molar-refractivity contribution >= 4 is 11.8 Å². The van der Waals surface area contributed by atoms with E-state index in [2.05, 4.69) is 0 Å². The highest BCUT2D eigenvalue weighted by atomic mass is 16.5. The van der Waals surface area contributed by atoms with Crippen molar-refractivity contribution in [3.05, 3.63) is 77.6 Å². The molecule has 5 nitrogen and oxygen atoms in total. The highest BCUT2D eigenvalue weighted by molar-refractivity contribution is 6.07. The molecule has 2 N–H and O–H groups in total. The van der Waals surface area contributed by atoms with E-state index in [1.54, 1.807) is 12.1 Å². The summed E-state index contributed by atoms with van der Waals surface area (Å²) in [5.41, 5.74) is 1.22. The van der Waals surface area contributed by atoms with Crippen LogP contribution in [0.3, 0.4) is 0 Å². The Morgan fingerprint density at radius 2 is 1.73 bits per heavy atom. The van der Waals surface area contributed by atoms with Crippen LogP contribution in [0.1, 0.15) is 15.9 Å². The van der Waals surface area contributed by atoms with E-state index in [1.165, 1.54) is 12.1 Å². The number of rotatable bonds is 6. The second kappa shape index (κ2) is 7.08. The molecular weight excluding hydrogens is 284 g/mol. The summed E-state index contributed by atoms with van der Waals surface area (Å²) in [6.45, 7) is 0.356. The average Bonchev–Trinajstić information content (AvgIpc) is 2.54. The van der Waals surface area contributed by atoms with Crippen LogP contribution in [0.15, 0.2) is 66.4 Å². The summed E-state index contributed by atoms with van der Waals surface area (Å²) < 4.78 is 5.58. The number of aliphatic hydroxyl groups excluding tert-OH is 1. The first-order valence-corrected chi connectivity index (χ1v) is 6.51. The van der Waals surface area contributed by atoms with Gasteiger partial charge in [0.1, 0.15) is 12.4 Å². The zero-order valence-corrected chi connectivity index (χ0v) is 11.6.